The van der Waals surface area contributed by atoms with Crippen LogP contribution in [0.1, 0.15) is 50.0 Å². The number of piperidine rings is 1. The fourth-order valence-corrected chi connectivity index (χ4v) is 4.07. The molecule has 0 bridgehead atoms. The van der Waals surface area contributed by atoms with E-state index >= 15 is 0 Å². The molecule has 2 aliphatic rings. The van der Waals surface area contributed by atoms with Gasteiger partial charge in [0.1, 0.15) is 0 Å². The van der Waals surface area contributed by atoms with E-state index in [0.717, 1.165) is 44.3 Å². The first kappa shape index (κ1) is 18.2. The Balaban J connectivity index is 1.27. The van der Waals surface area contributed by atoms with Gasteiger partial charge in [0.2, 0.25) is 17.6 Å². The lowest BCUT2D eigenvalue weighted by Gasteiger charge is -2.30. The van der Waals surface area contributed by atoms with Gasteiger partial charge in [-0.2, -0.15) is 4.98 Å². The van der Waals surface area contributed by atoms with Crippen molar-refractivity contribution in [2.24, 2.45) is 5.92 Å². The molecule has 1 saturated heterocycles. The second kappa shape index (κ2) is 8.21. The predicted octanol–water partition coefficient (Wildman–Crippen LogP) is 3.32. The maximum atomic E-state index is 12.4. The fraction of sp³-hybridized carbons (Fsp3) is 0.571. The van der Waals surface area contributed by atoms with Crippen molar-refractivity contribution in [2.45, 2.75) is 58.0 Å². The molecule has 0 unspecified atom stereocenters. The third-order valence-corrected chi connectivity index (χ3v) is 5.80. The Hall–Kier alpha value is -2.21. The average molecular weight is 368 g/mol. The molecule has 0 radical (unpaired) electrons. The van der Waals surface area contributed by atoms with Crippen LogP contribution in [0.3, 0.4) is 0 Å². The van der Waals surface area contributed by atoms with Gasteiger partial charge in [-0.25, -0.2) is 0 Å². The number of amides is 1. The lowest BCUT2D eigenvalue weighted by atomic mass is 9.95. The maximum absolute atomic E-state index is 12.4. The van der Waals surface area contributed by atoms with Crippen LogP contribution in [-0.2, 0) is 11.3 Å². The topological polar surface area (TPSA) is 71.3 Å². The summed E-state index contributed by atoms with van der Waals surface area (Å²) >= 11 is 0. The quantitative estimate of drug-likeness (QED) is 0.877. The van der Waals surface area contributed by atoms with Gasteiger partial charge in [0, 0.05) is 17.5 Å². The number of hydrogen-bond acceptors (Lipinski definition) is 5. The second-order valence-electron chi connectivity index (χ2n) is 7.92. The Kier molecular flexibility index (Phi) is 5.53. The zero-order chi connectivity index (χ0) is 18.6. The molecule has 1 aromatic carbocycles. The maximum Gasteiger partial charge on any atom is 0.241 e. The van der Waals surface area contributed by atoms with Crippen molar-refractivity contribution < 1.29 is 9.32 Å². The molecular weight excluding hydrogens is 340 g/mol. The van der Waals surface area contributed by atoms with Gasteiger partial charge < -0.3 is 9.84 Å². The predicted molar refractivity (Wildman–Crippen MR) is 103 cm³/mol. The van der Waals surface area contributed by atoms with E-state index in [1.54, 1.807) is 0 Å². The molecule has 2 fully saturated rings. The van der Waals surface area contributed by atoms with Crippen molar-refractivity contribution in [3.8, 4) is 11.4 Å². The van der Waals surface area contributed by atoms with E-state index in [-0.39, 0.29) is 11.8 Å². The number of nitrogens with one attached hydrogen (secondary N) is 1. The third kappa shape index (κ3) is 4.56. The first-order valence-electron chi connectivity index (χ1n) is 10.1. The van der Waals surface area contributed by atoms with Crippen LogP contribution in [-0.4, -0.2) is 40.1 Å². The Labute approximate surface area is 160 Å². The van der Waals surface area contributed by atoms with E-state index in [0.29, 0.717) is 24.3 Å². The van der Waals surface area contributed by atoms with Crippen LogP contribution < -0.4 is 5.32 Å². The molecule has 6 heteroatoms. The van der Waals surface area contributed by atoms with E-state index in [9.17, 15) is 4.79 Å². The van der Waals surface area contributed by atoms with Crippen LogP contribution in [0.25, 0.3) is 11.4 Å². The van der Waals surface area contributed by atoms with Crippen LogP contribution in [0.5, 0.6) is 0 Å². The van der Waals surface area contributed by atoms with Crippen molar-refractivity contribution >= 4 is 5.91 Å². The molecule has 6 nitrogen and oxygen atoms in total. The number of carbonyl (C=O) groups is 1. The average Bonchev–Trinajstić information content (AvgIpc) is 3.35. The molecule has 1 saturated carbocycles. The molecule has 0 spiro atoms. The van der Waals surface area contributed by atoms with Crippen molar-refractivity contribution in [2.75, 3.05) is 13.1 Å². The number of aryl methyl sites for hydroxylation is 1. The Bertz CT molecular complexity index is 757. The first-order valence-corrected chi connectivity index (χ1v) is 10.1. The summed E-state index contributed by atoms with van der Waals surface area (Å²) in [6.45, 7) is 4.49. The van der Waals surface area contributed by atoms with Crippen LogP contribution >= 0.6 is 0 Å². The lowest BCUT2D eigenvalue weighted by Crippen LogP contribution is -2.43. The van der Waals surface area contributed by atoms with Gasteiger partial charge in [-0.15, -0.1) is 0 Å². The van der Waals surface area contributed by atoms with Gasteiger partial charge in [-0.3, -0.25) is 9.69 Å². The van der Waals surface area contributed by atoms with Crippen LogP contribution in [0.4, 0.5) is 0 Å². The van der Waals surface area contributed by atoms with E-state index in [4.69, 9.17) is 4.52 Å². The van der Waals surface area contributed by atoms with Gasteiger partial charge in [0.15, 0.2) is 0 Å². The molecule has 1 amide bonds. The molecule has 4 rings (SSSR count). The third-order valence-electron chi connectivity index (χ3n) is 5.80. The largest absolute Gasteiger partial charge is 0.353 e. The lowest BCUT2D eigenvalue weighted by molar-refractivity contribution is -0.127. The number of carbonyl (C=O) groups excluding carboxylic acids is 1. The molecule has 27 heavy (non-hydrogen) atoms. The van der Waals surface area contributed by atoms with Crippen LogP contribution in [0, 0.1) is 12.8 Å². The highest BCUT2D eigenvalue weighted by Crippen LogP contribution is 2.23. The number of hydrogen-bond donors (Lipinski definition) is 1. The molecule has 2 aromatic rings. The van der Waals surface area contributed by atoms with Crippen LogP contribution in [0.15, 0.2) is 28.8 Å². The molecule has 1 aliphatic heterocycles. The molecule has 1 aromatic heterocycles. The SMILES string of the molecule is Cc1ccc(-c2noc(CN3CCC(C(=O)NC4CCCC4)CC3)n2)cc1. The first-order chi connectivity index (χ1) is 13.2. The summed E-state index contributed by atoms with van der Waals surface area (Å²) in [5, 5.41) is 7.35. The van der Waals surface area contributed by atoms with Crippen molar-refractivity contribution in [3.63, 3.8) is 0 Å². The molecule has 2 heterocycles. The second-order valence-corrected chi connectivity index (χ2v) is 7.92. The minimum atomic E-state index is 0.146. The number of likely N-dealkylation sites (tertiary alicyclic amines) is 1. The summed E-state index contributed by atoms with van der Waals surface area (Å²) in [6.07, 6.45) is 6.58. The minimum absolute atomic E-state index is 0.146. The zero-order valence-corrected chi connectivity index (χ0v) is 16.0. The highest BCUT2D eigenvalue weighted by molar-refractivity contribution is 5.79. The standard InChI is InChI=1S/C21H28N4O2/c1-15-6-8-16(9-7-15)20-23-19(27-24-20)14-25-12-10-17(11-13-25)21(26)22-18-4-2-3-5-18/h6-9,17-18H,2-5,10-14H2,1H3,(H,22,26). The van der Waals surface area contributed by atoms with Gasteiger partial charge in [0.05, 0.1) is 6.54 Å². The van der Waals surface area contributed by atoms with Crippen molar-refractivity contribution in [3.05, 3.63) is 35.7 Å². The molecule has 1 aliphatic carbocycles. The van der Waals surface area contributed by atoms with Gasteiger partial charge in [-0.1, -0.05) is 47.8 Å². The Morgan fingerprint density at radius 2 is 1.85 bits per heavy atom. The Morgan fingerprint density at radius 3 is 2.56 bits per heavy atom. The van der Waals surface area contributed by atoms with Gasteiger partial charge >= 0.3 is 0 Å². The summed E-state index contributed by atoms with van der Waals surface area (Å²) in [5.41, 5.74) is 2.18. The number of benzene rings is 1. The minimum Gasteiger partial charge on any atom is -0.353 e. The zero-order valence-electron chi connectivity index (χ0n) is 16.0. The highest BCUT2D eigenvalue weighted by atomic mass is 16.5. The number of aromatic nitrogens is 2. The molecule has 144 valence electrons. The summed E-state index contributed by atoms with van der Waals surface area (Å²) in [7, 11) is 0. The van der Waals surface area contributed by atoms with Crippen molar-refractivity contribution in [1.82, 2.24) is 20.4 Å². The molecular formula is C21H28N4O2. The molecule has 1 N–H and O–H groups in total. The van der Waals surface area contributed by atoms with Gasteiger partial charge in [0.25, 0.3) is 0 Å². The van der Waals surface area contributed by atoms with Gasteiger partial charge in [-0.05, 0) is 45.7 Å². The summed E-state index contributed by atoms with van der Waals surface area (Å²) in [4.78, 5) is 19.3. The van der Waals surface area contributed by atoms with Crippen LogP contribution in [0.2, 0.25) is 0 Å². The van der Waals surface area contributed by atoms with E-state index in [1.165, 1.54) is 18.4 Å². The van der Waals surface area contributed by atoms with E-state index < -0.39 is 0 Å². The summed E-state index contributed by atoms with van der Waals surface area (Å²) in [6, 6.07) is 8.53. The normalized spacial score (nSPS) is 19.4. The summed E-state index contributed by atoms with van der Waals surface area (Å²) in [5.74, 6) is 1.67. The number of rotatable bonds is 5. The molecule has 0 atom stereocenters. The highest BCUT2D eigenvalue weighted by Gasteiger charge is 2.28. The fourth-order valence-electron chi connectivity index (χ4n) is 4.07. The van der Waals surface area contributed by atoms with Crippen molar-refractivity contribution in [1.29, 1.82) is 0 Å². The Morgan fingerprint density at radius 1 is 1.15 bits per heavy atom. The van der Waals surface area contributed by atoms with E-state index in [1.807, 2.05) is 24.3 Å². The number of nitrogens with zero attached hydrogens (tertiary/aromatic N) is 3. The monoisotopic (exact) mass is 368 g/mol. The smallest absolute Gasteiger partial charge is 0.241 e. The summed E-state index contributed by atoms with van der Waals surface area (Å²) < 4.78 is 5.43. The van der Waals surface area contributed by atoms with E-state index in [2.05, 4.69) is 27.3 Å².